The molecule has 0 aliphatic heterocycles. The van der Waals surface area contributed by atoms with Crippen LogP contribution in [0, 0.1) is 13.8 Å². The minimum Gasteiger partial charge on any atom is -0.496 e. The van der Waals surface area contributed by atoms with Gasteiger partial charge in [0.1, 0.15) is 5.75 Å². The smallest absolute Gasteiger partial charge is 0.153 e. The van der Waals surface area contributed by atoms with Crippen molar-refractivity contribution in [3.8, 4) is 17.0 Å². The Hall–Kier alpha value is -2.10. The summed E-state index contributed by atoms with van der Waals surface area (Å²) in [6, 6.07) is 4.00. The minimum absolute atomic E-state index is 0.602. The lowest BCUT2D eigenvalue weighted by Gasteiger charge is -2.12. The first-order valence-electron chi connectivity index (χ1n) is 5.71. The van der Waals surface area contributed by atoms with E-state index >= 15 is 0 Å². The van der Waals surface area contributed by atoms with E-state index in [0.717, 1.165) is 34.4 Å². The van der Waals surface area contributed by atoms with Gasteiger partial charge in [-0.2, -0.15) is 5.10 Å². The van der Waals surface area contributed by atoms with Gasteiger partial charge in [-0.3, -0.25) is 9.48 Å². The van der Waals surface area contributed by atoms with Crippen LogP contribution in [0.1, 0.15) is 21.5 Å². The molecule has 4 heteroatoms. The molecule has 18 heavy (non-hydrogen) atoms. The first kappa shape index (κ1) is 12.4. The van der Waals surface area contributed by atoms with Crippen molar-refractivity contribution in [1.82, 2.24) is 9.78 Å². The molecule has 0 aliphatic rings. The average Bonchev–Trinajstić information content (AvgIpc) is 2.72. The minimum atomic E-state index is 0.602. The number of methoxy groups -OCH3 is 1. The summed E-state index contributed by atoms with van der Waals surface area (Å²) in [4.78, 5) is 11.1. The molecule has 0 N–H and O–H groups in total. The van der Waals surface area contributed by atoms with Crippen LogP contribution in [0.15, 0.2) is 18.3 Å². The van der Waals surface area contributed by atoms with E-state index in [2.05, 4.69) is 5.10 Å². The van der Waals surface area contributed by atoms with Crippen LogP contribution in [0.2, 0.25) is 0 Å². The third-order valence-electron chi connectivity index (χ3n) is 3.09. The highest BCUT2D eigenvalue weighted by atomic mass is 16.5. The Morgan fingerprint density at radius 1 is 1.28 bits per heavy atom. The van der Waals surface area contributed by atoms with Crippen LogP contribution < -0.4 is 4.74 Å². The second-order valence-electron chi connectivity index (χ2n) is 4.33. The molecule has 1 aromatic heterocycles. The average molecular weight is 244 g/mol. The Morgan fingerprint density at radius 2 is 2.00 bits per heavy atom. The van der Waals surface area contributed by atoms with E-state index in [9.17, 15) is 4.79 Å². The Kier molecular flexibility index (Phi) is 3.19. The van der Waals surface area contributed by atoms with Gasteiger partial charge in [0.25, 0.3) is 0 Å². The summed E-state index contributed by atoms with van der Waals surface area (Å²) in [7, 11) is 3.49. The highest BCUT2D eigenvalue weighted by Crippen LogP contribution is 2.31. The predicted molar refractivity (Wildman–Crippen MR) is 70.1 cm³/mol. The van der Waals surface area contributed by atoms with Gasteiger partial charge < -0.3 is 4.74 Å². The van der Waals surface area contributed by atoms with E-state index in [1.54, 1.807) is 18.0 Å². The van der Waals surface area contributed by atoms with Gasteiger partial charge >= 0.3 is 0 Å². The second-order valence-corrected chi connectivity index (χ2v) is 4.33. The number of ether oxygens (including phenoxy) is 1. The fourth-order valence-electron chi connectivity index (χ4n) is 2.14. The van der Waals surface area contributed by atoms with Crippen molar-refractivity contribution in [2.45, 2.75) is 13.8 Å². The molecule has 0 radical (unpaired) electrons. The van der Waals surface area contributed by atoms with Crippen LogP contribution in [0.3, 0.4) is 0 Å². The maximum atomic E-state index is 11.1. The lowest BCUT2D eigenvalue weighted by atomic mass is 10.00. The standard InChI is InChI=1S/C14H16N2O2/c1-9-6-13(18-4)10(2)5-12(9)14-11(8-17)7-15-16(14)3/h5-8H,1-4H3. The number of carbonyl (C=O) groups is 1. The van der Waals surface area contributed by atoms with Gasteiger partial charge in [-0.15, -0.1) is 0 Å². The van der Waals surface area contributed by atoms with Crippen molar-refractivity contribution >= 4 is 6.29 Å². The summed E-state index contributed by atoms with van der Waals surface area (Å²) in [6.07, 6.45) is 2.42. The summed E-state index contributed by atoms with van der Waals surface area (Å²) < 4.78 is 7.01. The largest absolute Gasteiger partial charge is 0.496 e. The van der Waals surface area contributed by atoms with Crippen molar-refractivity contribution in [3.63, 3.8) is 0 Å². The van der Waals surface area contributed by atoms with E-state index in [-0.39, 0.29) is 0 Å². The number of hydrogen-bond acceptors (Lipinski definition) is 3. The molecular formula is C14H16N2O2. The van der Waals surface area contributed by atoms with Gasteiger partial charge in [-0.1, -0.05) is 0 Å². The van der Waals surface area contributed by atoms with Gasteiger partial charge in [-0.05, 0) is 37.1 Å². The molecular weight excluding hydrogens is 228 g/mol. The number of benzene rings is 1. The van der Waals surface area contributed by atoms with E-state index < -0.39 is 0 Å². The van der Waals surface area contributed by atoms with E-state index in [4.69, 9.17) is 4.74 Å². The highest BCUT2D eigenvalue weighted by molar-refractivity contribution is 5.86. The van der Waals surface area contributed by atoms with Gasteiger partial charge in [0, 0.05) is 12.6 Å². The molecule has 94 valence electrons. The van der Waals surface area contributed by atoms with E-state index in [1.807, 2.05) is 33.0 Å². The van der Waals surface area contributed by atoms with Crippen LogP contribution in [0.5, 0.6) is 5.75 Å². The fraction of sp³-hybridized carbons (Fsp3) is 0.286. The number of aryl methyl sites for hydroxylation is 3. The third kappa shape index (κ3) is 1.90. The number of hydrogen-bond donors (Lipinski definition) is 0. The van der Waals surface area contributed by atoms with Gasteiger partial charge in [0.05, 0.1) is 24.6 Å². The monoisotopic (exact) mass is 244 g/mol. The zero-order chi connectivity index (χ0) is 13.3. The molecule has 0 spiro atoms. The molecule has 1 aromatic carbocycles. The van der Waals surface area contributed by atoms with Crippen molar-refractivity contribution in [3.05, 3.63) is 35.0 Å². The molecule has 2 rings (SSSR count). The lowest BCUT2D eigenvalue weighted by Crippen LogP contribution is -1.99. The van der Waals surface area contributed by atoms with Gasteiger partial charge in [0.15, 0.2) is 6.29 Å². The van der Waals surface area contributed by atoms with Crippen molar-refractivity contribution in [2.24, 2.45) is 7.05 Å². The van der Waals surface area contributed by atoms with Crippen LogP contribution >= 0.6 is 0 Å². The SMILES string of the molecule is COc1cc(C)c(-c2c(C=O)cnn2C)cc1C. The molecule has 0 aliphatic carbocycles. The zero-order valence-corrected chi connectivity index (χ0v) is 11.0. The molecule has 0 unspecified atom stereocenters. The third-order valence-corrected chi connectivity index (χ3v) is 3.09. The van der Waals surface area contributed by atoms with Crippen LogP contribution in [0.4, 0.5) is 0 Å². The quantitative estimate of drug-likeness (QED) is 0.779. The topological polar surface area (TPSA) is 44.1 Å². The molecule has 4 nitrogen and oxygen atoms in total. The molecule has 0 amide bonds. The summed E-state index contributed by atoms with van der Waals surface area (Å²) in [5.74, 6) is 0.853. The number of rotatable bonds is 3. The molecule has 0 fully saturated rings. The van der Waals surface area contributed by atoms with Crippen molar-refractivity contribution < 1.29 is 9.53 Å². The maximum absolute atomic E-state index is 11.1. The summed E-state index contributed by atoms with van der Waals surface area (Å²) in [5, 5.41) is 4.13. The Bertz CT molecular complexity index is 600. The highest BCUT2D eigenvalue weighted by Gasteiger charge is 2.14. The molecule has 2 aromatic rings. The fourth-order valence-corrected chi connectivity index (χ4v) is 2.14. The number of aldehydes is 1. The predicted octanol–water partition coefficient (Wildman–Crippen LogP) is 2.53. The maximum Gasteiger partial charge on any atom is 0.153 e. The number of carbonyl (C=O) groups excluding carboxylic acids is 1. The van der Waals surface area contributed by atoms with Crippen molar-refractivity contribution in [2.75, 3.05) is 7.11 Å². The van der Waals surface area contributed by atoms with Gasteiger partial charge in [-0.25, -0.2) is 0 Å². The summed E-state index contributed by atoms with van der Waals surface area (Å²) >= 11 is 0. The number of nitrogens with zero attached hydrogens (tertiary/aromatic N) is 2. The van der Waals surface area contributed by atoms with E-state index in [1.165, 1.54) is 0 Å². The summed E-state index contributed by atoms with van der Waals surface area (Å²) in [6.45, 7) is 3.98. The Labute approximate surface area is 106 Å². The second kappa shape index (κ2) is 4.64. The summed E-state index contributed by atoms with van der Waals surface area (Å²) in [5.41, 5.74) is 4.55. The van der Waals surface area contributed by atoms with E-state index in [0.29, 0.717) is 5.56 Å². The van der Waals surface area contributed by atoms with Crippen LogP contribution in [-0.4, -0.2) is 23.2 Å². The number of aromatic nitrogens is 2. The molecule has 0 saturated carbocycles. The Balaban J connectivity index is 2.67. The molecule has 1 heterocycles. The Morgan fingerprint density at radius 3 is 2.61 bits per heavy atom. The van der Waals surface area contributed by atoms with Gasteiger partial charge in [0.2, 0.25) is 0 Å². The lowest BCUT2D eigenvalue weighted by molar-refractivity contribution is 0.112. The van der Waals surface area contributed by atoms with Crippen LogP contribution in [-0.2, 0) is 7.05 Å². The molecule has 0 saturated heterocycles. The van der Waals surface area contributed by atoms with Crippen LogP contribution in [0.25, 0.3) is 11.3 Å². The van der Waals surface area contributed by atoms with Crippen molar-refractivity contribution in [1.29, 1.82) is 0 Å². The molecule has 0 bridgehead atoms. The normalized spacial score (nSPS) is 10.4. The first-order valence-corrected chi connectivity index (χ1v) is 5.71. The molecule has 0 atom stereocenters. The first-order chi connectivity index (χ1) is 8.58. The zero-order valence-electron chi connectivity index (χ0n) is 11.0.